The molecule has 0 bridgehead atoms. The molecule has 2 aromatic rings. The molecule has 2 atom stereocenters. The third-order valence-corrected chi connectivity index (χ3v) is 7.00. The van der Waals surface area contributed by atoms with Crippen molar-refractivity contribution in [2.45, 2.75) is 51.5 Å². The van der Waals surface area contributed by atoms with Crippen molar-refractivity contribution in [2.75, 3.05) is 19.7 Å². The Morgan fingerprint density at radius 2 is 1.69 bits per heavy atom. The molecule has 0 saturated carbocycles. The van der Waals surface area contributed by atoms with E-state index >= 15 is 0 Å². The van der Waals surface area contributed by atoms with E-state index < -0.39 is 18.1 Å². The molecule has 1 aliphatic carbocycles. The molecule has 2 amide bonds. The van der Waals surface area contributed by atoms with Crippen LogP contribution in [0.4, 0.5) is 4.79 Å². The molecule has 0 aromatic heterocycles. The smallest absolute Gasteiger partial charge is 0.407 e. The van der Waals surface area contributed by atoms with Crippen LogP contribution >= 0.6 is 0 Å². The molecule has 1 saturated heterocycles. The van der Waals surface area contributed by atoms with Crippen LogP contribution in [0.5, 0.6) is 0 Å². The highest BCUT2D eigenvalue weighted by molar-refractivity contribution is 5.84. The van der Waals surface area contributed by atoms with E-state index in [1.54, 1.807) is 0 Å². The van der Waals surface area contributed by atoms with Crippen LogP contribution in [0.3, 0.4) is 0 Å². The highest BCUT2D eigenvalue weighted by Gasteiger charge is 2.35. The first-order chi connectivity index (χ1) is 16.8. The second kappa shape index (κ2) is 10.9. The zero-order valence-corrected chi connectivity index (χ0v) is 20.4. The molecule has 0 radical (unpaired) electrons. The molecular formula is C28H34N2O5. The van der Waals surface area contributed by atoms with Crippen LogP contribution < -0.4 is 5.32 Å². The number of amides is 2. The number of alkyl carbamates (subject to hydrolysis) is 1. The van der Waals surface area contributed by atoms with Gasteiger partial charge in [0, 0.05) is 25.4 Å². The lowest BCUT2D eigenvalue weighted by atomic mass is 9.93. The predicted molar refractivity (Wildman–Crippen MR) is 133 cm³/mol. The third kappa shape index (κ3) is 5.66. The van der Waals surface area contributed by atoms with Gasteiger partial charge in [0.2, 0.25) is 5.91 Å². The summed E-state index contributed by atoms with van der Waals surface area (Å²) in [6.07, 6.45) is 1.66. The van der Waals surface area contributed by atoms with E-state index in [2.05, 4.69) is 43.4 Å². The van der Waals surface area contributed by atoms with E-state index in [-0.39, 0.29) is 30.8 Å². The van der Waals surface area contributed by atoms with Gasteiger partial charge in [0.1, 0.15) is 12.6 Å². The number of fused-ring (bicyclic) bond motifs is 3. The minimum absolute atomic E-state index is 0.00990. The van der Waals surface area contributed by atoms with Crippen molar-refractivity contribution in [3.63, 3.8) is 0 Å². The molecule has 186 valence electrons. The first-order valence-electron chi connectivity index (χ1n) is 12.5. The number of carbonyl (C=O) groups excluding carboxylic acids is 2. The predicted octanol–water partition coefficient (Wildman–Crippen LogP) is 4.65. The summed E-state index contributed by atoms with van der Waals surface area (Å²) < 4.78 is 5.63. The first-order valence-corrected chi connectivity index (χ1v) is 12.5. The zero-order chi connectivity index (χ0) is 24.9. The van der Waals surface area contributed by atoms with Crippen molar-refractivity contribution >= 4 is 18.0 Å². The van der Waals surface area contributed by atoms with E-state index in [1.165, 1.54) is 16.0 Å². The second-order valence-electron chi connectivity index (χ2n) is 9.99. The Morgan fingerprint density at radius 1 is 1.06 bits per heavy atom. The largest absolute Gasteiger partial charge is 0.480 e. The fourth-order valence-corrected chi connectivity index (χ4v) is 5.47. The van der Waals surface area contributed by atoms with Crippen LogP contribution in [-0.2, 0) is 14.3 Å². The van der Waals surface area contributed by atoms with Crippen LogP contribution in [0, 0.1) is 11.8 Å². The number of hydrogen-bond donors (Lipinski definition) is 2. The van der Waals surface area contributed by atoms with Crippen molar-refractivity contribution in [2.24, 2.45) is 11.8 Å². The van der Waals surface area contributed by atoms with Gasteiger partial charge in [-0.15, -0.1) is 0 Å². The topological polar surface area (TPSA) is 95.9 Å². The standard InChI is InChI=1S/C28H34N2O5/c1-18(2)14-19(15-26(31)30-13-7-12-25(30)27(32)33)16-29-28(34)35-17-24-22-10-5-3-8-20(22)21-9-4-6-11-23(21)24/h3-6,8-11,18-19,24-25H,7,12-17H2,1-2H3,(H,29,34)(H,32,33)/t19-,25+/m0/s1. The Balaban J connectivity index is 1.33. The highest BCUT2D eigenvalue weighted by atomic mass is 16.5. The van der Waals surface area contributed by atoms with E-state index in [0.29, 0.717) is 31.8 Å². The van der Waals surface area contributed by atoms with E-state index in [4.69, 9.17) is 4.74 Å². The number of hydrogen-bond acceptors (Lipinski definition) is 4. The summed E-state index contributed by atoms with van der Waals surface area (Å²) >= 11 is 0. The van der Waals surface area contributed by atoms with E-state index in [9.17, 15) is 19.5 Å². The average Bonchev–Trinajstić information content (AvgIpc) is 3.45. The minimum Gasteiger partial charge on any atom is -0.480 e. The summed E-state index contributed by atoms with van der Waals surface area (Å²) in [5.74, 6) is -0.865. The van der Waals surface area contributed by atoms with Gasteiger partial charge in [0.25, 0.3) is 0 Å². The maximum Gasteiger partial charge on any atom is 0.407 e. The molecule has 0 spiro atoms. The van der Waals surface area contributed by atoms with Crippen LogP contribution in [0.2, 0.25) is 0 Å². The first kappa shape index (κ1) is 24.8. The van der Waals surface area contributed by atoms with Crippen molar-refractivity contribution in [1.82, 2.24) is 10.2 Å². The second-order valence-corrected chi connectivity index (χ2v) is 9.99. The van der Waals surface area contributed by atoms with Crippen molar-refractivity contribution in [1.29, 1.82) is 0 Å². The molecule has 7 heteroatoms. The number of nitrogens with one attached hydrogen (secondary N) is 1. The van der Waals surface area contributed by atoms with Crippen molar-refractivity contribution in [3.05, 3.63) is 59.7 Å². The Hall–Kier alpha value is -3.35. The zero-order valence-electron chi connectivity index (χ0n) is 20.4. The lowest BCUT2D eigenvalue weighted by Gasteiger charge is -2.25. The number of ether oxygens (including phenoxy) is 1. The lowest BCUT2D eigenvalue weighted by molar-refractivity contribution is -0.148. The quantitative estimate of drug-likeness (QED) is 0.547. The van der Waals surface area contributed by atoms with Gasteiger partial charge < -0.3 is 20.1 Å². The van der Waals surface area contributed by atoms with Crippen LogP contribution in [-0.4, -0.2) is 53.7 Å². The maximum atomic E-state index is 12.8. The summed E-state index contributed by atoms with van der Waals surface area (Å²) in [7, 11) is 0. The molecule has 7 nitrogen and oxygen atoms in total. The van der Waals surface area contributed by atoms with Gasteiger partial charge in [0.15, 0.2) is 0 Å². The molecule has 2 aromatic carbocycles. The Morgan fingerprint density at radius 3 is 2.29 bits per heavy atom. The number of rotatable bonds is 9. The Labute approximate surface area is 206 Å². The van der Waals surface area contributed by atoms with Crippen molar-refractivity contribution in [3.8, 4) is 11.1 Å². The molecule has 1 fully saturated rings. The summed E-state index contributed by atoms with van der Waals surface area (Å²) in [6.45, 7) is 5.17. The van der Waals surface area contributed by atoms with Crippen LogP contribution in [0.1, 0.15) is 56.6 Å². The fourth-order valence-electron chi connectivity index (χ4n) is 5.47. The number of benzene rings is 2. The number of aliphatic carboxylic acids is 1. The molecule has 1 aliphatic heterocycles. The van der Waals surface area contributed by atoms with Gasteiger partial charge in [-0.05, 0) is 53.4 Å². The Bertz CT molecular complexity index is 1040. The van der Waals surface area contributed by atoms with Crippen LogP contribution in [0.15, 0.2) is 48.5 Å². The summed E-state index contributed by atoms with van der Waals surface area (Å²) in [5, 5.41) is 12.2. The highest BCUT2D eigenvalue weighted by Crippen LogP contribution is 2.44. The average molecular weight is 479 g/mol. The Kier molecular flexibility index (Phi) is 7.73. The van der Waals surface area contributed by atoms with Crippen molar-refractivity contribution < 1.29 is 24.2 Å². The number of carboxylic acids is 1. The molecule has 35 heavy (non-hydrogen) atoms. The molecule has 1 heterocycles. The van der Waals surface area contributed by atoms with Gasteiger partial charge in [0.05, 0.1) is 0 Å². The number of nitrogens with zero attached hydrogens (tertiary/aromatic N) is 1. The van der Waals surface area contributed by atoms with E-state index in [0.717, 1.165) is 17.5 Å². The van der Waals surface area contributed by atoms with Crippen LogP contribution in [0.25, 0.3) is 11.1 Å². The molecule has 4 rings (SSSR count). The minimum atomic E-state index is -0.951. The monoisotopic (exact) mass is 478 g/mol. The third-order valence-electron chi connectivity index (χ3n) is 7.00. The van der Waals surface area contributed by atoms with Gasteiger partial charge in [-0.2, -0.15) is 0 Å². The molecular weight excluding hydrogens is 444 g/mol. The number of likely N-dealkylation sites (tertiary alicyclic amines) is 1. The maximum absolute atomic E-state index is 12.8. The molecule has 0 unspecified atom stereocenters. The van der Waals surface area contributed by atoms with E-state index in [1.807, 2.05) is 24.3 Å². The number of carboxylic acid groups (broad SMARTS) is 1. The molecule has 2 N–H and O–H groups in total. The summed E-state index contributed by atoms with van der Waals surface area (Å²) in [5.41, 5.74) is 4.66. The van der Waals surface area contributed by atoms with Gasteiger partial charge in [-0.3, -0.25) is 4.79 Å². The normalized spacial score (nSPS) is 17.7. The molecule has 2 aliphatic rings. The summed E-state index contributed by atoms with van der Waals surface area (Å²) in [4.78, 5) is 38.4. The van der Waals surface area contributed by atoms with Gasteiger partial charge in [-0.1, -0.05) is 62.4 Å². The van der Waals surface area contributed by atoms with Gasteiger partial charge >= 0.3 is 12.1 Å². The van der Waals surface area contributed by atoms with Gasteiger partial charge in [-0.25, -0.2) is 9.59 Å². The summed E-state index contributed by atoms with van der Waals surface area (Å²) in [6, 6.07) is 15.6. The SMILES string of the molecule is CC(C)C[C@H](CNC(=O)OCC1c2ccccc2-c2ccccc21)CC(=O)N1CCC[C@@H]1C(=O)O. The fraction of sp³-hybridized carbons (Fsp3) is 0.464. The lowest BCUT2D eigenvalue weighted by Crippen LogP contribution is -2.42. The number of carbonyl (C=O) groups is 3.